The standard InChI is InChI=1S/C14H23NO2/c1-15-9-11-17-14-8-5-7-13(12-14)6-3-4-10-16-2/h5,7-8,12,15H,3-4,6,9-11H2,1-2H3. The van der Waals surface area contributed by atoms with Crippen LogP contribution in [-0.2, 0) is 11.2 Å². The Kier molecular flexibility index (Phi) is 7.43. The van der Waals surface area contributed by atoms with Gasteiger partial charge in [-0.1, -0.05) is 12.1 Å². The van der Waals surface area contributed by atoms with Crippen molar-refractivity contribution in [3.63, 3.8) is 0 Å². The van der Waals surface area contributed by atoms with Gasteiger partial charge in [0.15, 0.2) is 0 Å². The van der Waals surface area contributed by atoms with Gasteiger partial charge in [-0.2, -0.15) is 0 Å². The first-order valence-corrected chi connectivity index (χ1v) is 6.22. The third kappa shape index (κ3) is 6.29. The van der Waals surface area contributed by atoms with Crippen molar-refractivity contribution < 1.29 is 9.47 Å². The molecule has 96 valence electrons. The molecule has 0 spiro atoms. The van der Waals surface area contributed by atoms with Gasteiger partial charge in [0, 0.05) is 20.3 Å². The van der Waals surface area contributed by atoms with Crippen molar-refractivity contribution in [1.29, 1.82) is 0 Å². The maximum Gasteiger partial charge on any atom is 0.119 e. The highest BCUT2D eigenvalue weighted by Crippen LogP contribution is 2.15. The Bertz CT molecular complexity index is 302. The minimum Gasteiger partial charge on any atom is -0.492 e. The maximum absolute atomic E-state index is 5.63. The first-order valence-electron chi connectivity index (χ1n) is 6.22. The van der Waals surface area contributed by atoms with Gasteiger partial charge in [-0.05, 0) is 44.0 Å². The molecule has 0 fully saturated rings. The Balaban J connectivity index is 2.31. The van der Waals surface area contributed by atoms with Crippen LogP contribution in [0.25, 0.3) is 0 Å². The molecule has 0 radical (unpaired) electrons. The number of hydrogen-bond acceptors (Lipinski definition) is 3. The summed E-state index contributed by atoms with van der Waals surface area (Å²) in [5.41, 5.74) is 1.34. The summed E-state index contributed by atoms with van der Waals surface area (Å²) in [6, 6.07) is 8.34. The van der Waals surface area contributed by atoms with E-state index in [9.17, 15) is 0 Å². The van der Waals surface area contributed by atoms with Crippen molar-refractivity contribution >= 4 is 0 Å². The summed E-state index contributed by atoms with van der Waals surface area (Å²) in [6.07, 6.45) is 3.36. The molecule has 1 aromatic carbocycles. The van der Waals surface area contributed by atoms with Crippen LogP contribution in [0.15, 0.2) is 24.3 Å². The summed E-state index contributed by atoms with van der Waals surface area (Å²) in [6.45, 7) is 2.43. The highest BCUT2D eigenvalue weighted by molar-refractivity contribution is 5.28. The molecule has 3 nitrogen and oxygen atoms in total. The average molecular weight is 237 g/mol. The zero-order valence-corrected chi connectivity index (χ0v) is 10.9. The van der Waals surface area contributed by atoms with E-state index in [-0.39, 0.29) is 0 Å². The lowest BCUT2D eigenvalue weighted by Crippen LogP contribution is -2.15. The molecule has 0 unspecified atom stereocenters. The van der Waals surface area contributed by atoms with Crippen LogP contribution >= 0.6 is 0 Å². The summed E-state index contributed by atoms with van der Waals surface area (Å²) in [5, 5.41) is 3.06. The van der Waals surface area contributed by atoms with Crippen LogP contribution < -0.4 is 10.1 Å². The van der Waals surface area contributed by atoms with Crippen molar-refractivity contribution in [2.24, 2.45) is 0 Å². The predicted octanol–water partition coefficient (Wildman–Crippen LogP) is 2.25. The molecular weight excluding hydrogens is 214 g/mol. The highest BCUT2D eigenvalue weighted by atomic mass is 16.5. The number of methoxy groups -OCH3 is 1. The Morgan fingerprint density at radius 2 is 2.06 bits per heavy atom. The van der Waals surface area contributed by atoms with E-state index in [0.717, 1.165) is 38.2 Å². The summed E-state index contributed by atoms with van der Waals surface area (Å²) >= 11 is 0. The molecule has 1 rings (SSSR count). The molecule has 1 aromatic rings. The zero-order valence-electron chi connectivity index (χ0n) is 10.9. The number of nitrogens with one attached hydrogen (secondary N) is 1. The van der Waals surface area contributed by atoms with Gasteiger partial charge in [-0.3, -0.25) is 0 Å². The van der Waals surface area contributed by atoms with Gasteiger partial charge in [0.2, 0.25) is 0 Å². The molecule has 0 saturated heterocycles. The molecule has 0 heterocycles. The molecule has 1 N–H and O–H groups in total. The number of ether oxygens (including phenoxy) is 2. The van der Waals surface area contributed by atoms with Crippen LogP contribution in [-0.4, -0.2) is 33.9 Å². The van der Waals surface area contributed by atoms with Gasteiger partial charge in [0.1, 0.15) is 12.4 Å². The molecular formula is C14H23NO2. The fourth-order valence-electron chi connectivity index (χ4n) is 1.64. The van der Waals surface area contributed by atoms with E-state index in [2.05, 4.69) is 23.5 Å². The van der Waals surface area contributed by atoms with E-state index >= 15 is 0 Å². The number of aryl methyl sites for hydroxylation is 1. The van der Waals surface area contributed by atoms with Gasteiger partial charge in [0.25, 0.3) is 0 Å². The van der Waals surface area contributed by atoms with Crippen molar-refractivity contribution in [3.8, 4) is 5.75 Å². The van der Waals surface area contributed by atoms with Crippen LogP contribution in [0.2, 0.25) is 0 Å². The average Bonchev–Trinajstić information content (AvgIpc) is 2.36. The van der Waals surface area contributed by atoms with Crippen LogP contribution in [0.5, 0.6) is 5.75 Å². The molecule has 0 atom stereocenters. The maximum atomic E-state index is 5.63. The second kappa shape index (κ2) is 9.02. The summed E-state index contributed by atoms with van der Waals surface area (Å²) in [4.78, 5) is 0. The fraction of sp³-hybridized carbons (Fsp3) is 0.571. The number of unbranched alkanes of at least 4 members (excludes halogenated alkanes) is 1. The molecule has 0 aliphatic carbocycles. The summed E-state index contributed by atoms with van der Waals surface area (Å²) < 4.78 is 10.7. The van der Waals surface area contributed by atoms with E-state index in [1.807, 2.05) is 13.1 Å². The molecule has 0 saturated carbocycles. The highest BCUT2D eigenvalue weighted by Gasteiger charge is 1.97. The second-order valence-corrected chi connectivity index (χ2v) is 4.05. The van der Waals surface area contributed by atoms with E-state index in [1.54, 1.807) is 7.11 Å². The minimum atomic E-state index is 0.712. The Labute approximate surface area is 104 Å². The lowest BCUT2D eigenvalue weighted by atomic mass is 10.1. The first-order chi connectivity index (χ1) is 8.36. The number of hydrogen-bond donors (Lipinski definition) is 1. The van der Waals surface area contributed by atoms with Crippen LogP contribution in [0, 0.1) is 0 Å². The molecule has 0 bridgehead atoms. The normalized spacial score (nSPS) is 10.5. The third-order valence-electron chi connectivity index (χ3n) is 2.58. The molecule has 0 aliphatic rings. The molecule has 3 heteroatoms. The molecule has 17 heavy (non-hydrogen) atoms. The van der Waals surface area contributed by atoms with Gasteiger partial charge < -0.3 is 14.8 Å². The van der Waals surface area contributed by atoms with E-state index in [4.69, 9.17) is 9.47 Å². The van der Waals surface area contributed by atoms with E-state index in [1.165, 1.54) is 5.56 Å². The largest absolute Gasteiger partial charge is 0.492 e. The first kappa shape index (κ1) is 14.0. The lowest BCUT2D eigenvalue weighted by Gasteiger charge is -2.07. The van der Waals surface area contributed by atoms with Crippen molar-refractivity contribution in [1.82, 2.24) is 5.32 Å². The summed E-state index contributed by atoms with van der Waals surface area (Å²) in [7, 11) is 3.67. The molecule has 0 aliphatic heterocycles. The molecule has 0 amide bonds. The number of likely N-dealkylation sites (N-methyl/N-ethyl adjacent to an activating group) is 1. The zero-order chi connectivity index (χ0) is 12.3. The smallest absolute Gasteiger partial charge is 0.119 e. The van der Waals surface area contributed by atoms with Gasteiger partial charge in [-0.25, -0.2) is 0 Å². The number of rotatable bonds is 9. The Hall–Kier alpha value is -1.06. The van der Waals surface area contributed by atoms with Crippen LogP contribution in [0.1, 0.15) is 18.4 Å². The van der Waals surface area contributed by atoms with Gasteiger partial charge in [0.05, 0.1) is 0 Å². The van der Waals surface area contributed by atoms with Crippen molar-refractivity contribution in [2.75, 3.05) is 33.9 Å². The van der Waals surface area contributed by atoms with E-state index < -0.39 is 0 Å². The molecule has 0 aromatic heterocycles. The third-order valence-corrected chi connectivity index (χ3v) is 2.58. The lowest BCUT2D eigenvalue weighted by molar-refractivity contribution is 0.193. The van der Waals surface area contributed by atoms with Gasteiger partial charge in [-0.15, -0.1) is 0 Å². The number of benzene rings is 1. The van der Waals surface area contributed by atoms with Crippen LogP contribution in [0.4, 0.5) is 0 Å². The quantitative estimate of drug-likeness (QED) is 0.668. The van der Waals surface area contributed by atoms with Gasteiger partial charge >= 0.3 is 0 Å². The van der Waals surface area contributed by atoms with Crippen LogP contribution in [0.3, 0.4) is 0 Å². The topological polar surface area (TPSA) is 30.5 Å². The summed E-state index contributed by atoms with van der Waals surface area (Å²) in [5.74, 6) is 0.962. The van der Waals surface area contributed by atoms with E-state index in [0.29, 0.717) is 6.61 Å². The fourth-order valence-corrected chi connectivity index (χ4v) is 1.64. The second-order valence-electron chi connectivity index (χ2n) is 4.05. The monoisotopic (exact) mass is 237 g/mol. The van der Waals surface area contributed by atoms with Crippen molar-refractivity contribution in [3.05, 3.63) is 29.8 Å². The Morgan fingerprint density at radius 3 is 2.82 bits per heavy atom. The van der Waals surface area contributed by atoms with Crippen molar-refractivity contribution in [2.45, 2.75) is 19.3 Å². The predicted molar refractivity (Wildman–Crippen MR) is 70.7 cm³/mol. The minimum absolute atomic E-state index is 0.712. The Morgan fingerprint density at radius 1 is 1.18 bits per heavy atom. The SMILES string of the molecule is CNCCOc1cccc(CCCCOC)c1.